The molecule has 5 aromatic rings. The second-order valence-corrected chi connectivity index (χ2v) is 17.3. The molecule has 1 atom stereocenters. The lowest BCUT2D eigenvalue weighted by Crippen LogP contribution is -2.67. The van der Waals surface area contributed by atoms with E-state index in [9.17, 15) is 4.79 Å². The molecule has 2 heterocycles. The van der Waals surface area contributed by atoms with Crippen LogP contribution in [0.1, 0.15) is 38.1 Å². The molecule has 0 aliphatic carbocycles. The van der Waals surface area contributed by atoms with Crippen molar-refractivity contribution in [3.05, 3.63) is 114 Å². The number of rotatable bonds is 10. The Kier molecular flexibility index (Phi) is 9.58. The summed E-state index contributed by atoms with van der Waals surface area (Å²) in [6, 6.07) is 30.2. The number of aryl methyl sites for hydroxylation is 1. The van der Waals surface area contributed by atoms with Crippen LogP contribution < -0.4 is 21.4 Å². The van der Waals surface area contributed by atoms with E-state index in [2.05, 4.69) is 86.6 Å². The van der Waals surface area contributed by atoms with E-state index >= 15 is 0 Å². The summed E-state index contributed by atoms with van der Waals surface area (Å²) in [6.45, 7) is 9.77. The zero-order valence-corrected chi connectivity index (χ0v) is 28.2. The Balaban J connectivity index is 1.39. The van der Waals surface area contributed by atoms with E-state index < -0.39 is 8.32 Å². The fourth-order valence-corrected chi connectivity index (χ4v) is 10.5. The molecule has 3 aromatic carbocycles. The van der Waals surface area contributed by atoms with Gasteiger partial charge in [-0.3, -0.25) is 9.48 Å². The number of carbonyl (C=O) groups is 1. The van der Waals surface area contributed by atoms with Gasteiger partial charge in [0.2, 0.25) is 0 Å². The highest BCUT2D eigenvalue weighted by atomic mass is 35.5. The quantitative estimate of drug-likeness (QED) is 0.175. The number of nitrogens with zero attached hydrogens (tertiary/aromatic N) is 3. The Labute approximate surface area is 271 Å². The minimum absolute atomic E-state index is 0.0344. The van der Waals surface area contributed by atoms with E-state index in [1.54, 1.807) is 29.1 Å². The largest absolute Gasteiger partial charge is 0.407 e. The third kappa shape index (κ3) is 6.88. The van der Waals surface area contributed by atoms with Crippen LogP contribution in [0.25, 0.3) is 22.5 Å². The van der Waals surface area contributed by atoms with Crippen molar-refractivity contribution in [3.8, 4) is 22.5 Å². The molecule has 0 unspecified atom stereocenters. The van der Waals surface area contributed by atoms with Crippen LogP contribution in [-0.4, -0.2) is 42.1 Å². The molecule has 0 bridgehead atoms. The van der Waals surface area contributed by atoms with Gasteiger partial charge in [0.15, 0.2) is 0 Å². The highest BCUT2D eigenvalue weighted by Crippen LogP contribution is 2.37. The molecule has 0 saturated heterocycles. The monoisotopic (exact) mass is 637 g/mol. The molecule has 3 N–H and O–H groups in total. The number of nitrogens with two attached hydrogens (primary N) is 1. The second kappa shape index (κ2) is 13.4. The smallest absolute Gasteiger partial charge is 0.261 e. The molecule has 0 saturated carbocycles. The van der Waals surface area contributed by atoms with Crippen molar-refractivity contribution in [1.82, 2.24) is 20.1 Å². The van der Waals surface area contributed by atoms with Crippen LogP contribution in [-0.2, 0) is 11.5 Å². The summed E-state index contributed by atoms with van der Waals surface area (Å²) < 4.78 is 8.77. The van der Waals surface area contributed by atoms with E-state index in [1.807, 2.05) is 37.5 Å². The molecule has 7 nitrogen and oxygen atoms in total. The maximum absolute atomic E-state index is 13.7. The van der Waals surface area contributed by atoms with E-state index in [0.717, 1.165) is 11.1 Å². The predicted octanol–water partition coefficient (Wildman–Crippen LogP) is 6.33. The summed E-state index contributed by atoms with van der Waals surface area (Å²) in [5.74, 6) is -0.236. The van der Waals surface area contributed by atoms with Gasteiger partial charge in [0.25, 0.3) is 14.2 Å². The van der Waals surface area contributed by atoms with Crippen LogP contribution in [0.2, 0.25) is 10.1 Å². The molecular formula is C36H40ClN5O2Si. The molecule has 5 rings (SSSR count). The van der Waals surface area contributed by atoms with E-state index in [0.29, 0.717) is 40.8 Å². The molecule has 0 fully saturated rings. The molecule has 9 heteroatoms. The van der Waals surface area contributed by atoms with Crippen molar-refractivity contribution in [2.45, 2.75) is 32.7 Å². The average molecular weight is 638 g/mol. The van der Waals surface area contributed by atoms with Gasteiger partial charge in [0, 0.05) is 42.5 Å². The minimum atomic E-state index is -2.69. The van der Waals surface area contributed by atoms with Crippen LogP contribution in [0.3, 0.4) is 0 Å². The van der Waals surface area contributed by atoms with Gasteiger partial charge in [-0.25, -0.2) is 4.98 Å². The van der Waals surface area contributed by atoms with Gasteiger partial charge in [0.05, 0.1) is 28.8 Å². The van der Waals surface area contributed by atoms with Gasteiger partial charge in [0.1, 0.15) is 0 Å². The first-order valence-electron chi connectivity index (χ1n) is 15.1. The molecule has 0 spiro atoms. The average Bonchev–Trinajstić information content (AvgIpc) is 3.47. The Morgan fingerprint density at radius 1 is 0.978 bits per heavy atom. The SMILES string of the molecule is C[C@H](CNC(=O)c1cc(-c2ccc(Cl)cc2)nc(-c2cnn(C)c2)c1N)CO[Si](c1ccccc1)(c1ccccc1)C(C)(C)C. The van der Waals surface area contributed by atoms with Crippen LogP contribution in [0, 0.1) is 5.92 Å². The van der Waals surface area contributed by atoms with Gasteiger partial charge >= 0.3 is 0 Å². The van der Waals surface area contributed by atoms with E-state index in [4.69, 9.17) is 26.7 Å². The second-order valence-electron chi connectivity index (χ2n) is 12.5. The van der Waals surface area contributed by atoms with Gasteiger partial charge in [-0.2, -0.15) is 5.10 Å². The summed E-state index contributed by atoms with van der Waals surface area (Å²) in [6.07, 6.45) is 3.52. The lowest BCUT2D eigenvalue weighted by Gasteiger charge is -2.43. The summed E-state index contributed by atoms with van der Waals surface area (Å²) in [5, 5.41) is 10.3. The number of carbonyl (C=O) groups excluding carboxylic acids is 1. The van der Waals surface area contributed by atoms with Gasteiger partial charge < -0.3 is 15.5 Å². The van der Waals surface area contributed by atoms with Gasteiger partial charge in [-0.05, 0) is 39.5 Å². The highest BCUT2D eigenvalue weighted by Gasteiger charge is 2.50. The molecule has 0 aliphatic heterocycles. The van der Waals surface area contributed by atoms with Crippen molar-refractivity contribution in [3.63, 3.8) is 0 Å². The third-order valence-corrected chi connectivity index (χ3v) is 13.3. The zero-order chi connectivity index (χ0) is 32.2. The van der Waals surface area contributed by atoms with Crippen LogP contribution in [0.15, 0.2) is 103 Å². The standard InChI is InChI=1S/C36H40ClN5O2Si/c1-25(24-44-45(36(2,3)4,29-12-8-6-9-13-29)30-14-10-7-11-15-30)21-39-35(43)31-20-32(26-16-18-28(37)19-17-26)41-34(33(31)38)27-22-40-42(5)23-27/h6-20,22-23,25H,21,24,38H2,1-5H3,(H,39,43)/t25-/m1/s1. The Hall–Kier alpha value is -4.24. The fourth-order valence-electron chi connectivity index (χ4n) is 5.72. The number of nitrogen functional groups attached to an aromatic ring is 1. The number of anilines is 1. The molecule has 0 aliphatic rings. The Bertz CT molecular complexity index is 1710. The molecular weight excluding hydrogens is 598 g/mol. The lowest BCUT2D eigenvalue weighted by atomic mass is 10.0. The highest BCUT2D eigenvalue weighted by molar-refractivity contribution is 6.99. The number of nitrogens with one attached hydrogen (secondary N) is 1. The molecule has 232 valence electrons. The first-order valence-corrected chi connectivity index (χ1v) is 17.4. The maximum atomic E-state index is 13.7. The fraction of sp³-hybridized carbons (Fsp3) is 0.250. The number of pyridine rings is 1. The van der Waals surface area contributed by atoms with Gasteiger partial charge in [-0.1, -0.05) is 112 Å². The maximum Gasteiger partial charge on any atom is 0.261 e. The number of hydrogen-bond donors (Lipinski definition) is 2. The topological polar surface area (TPSA) is 95.1 Å². The Morgan fingerprint density at radius 3 is 2.11 bits per heavy atom. The summed E-state index contributed by atoms with van der Waals surface area (Å²) in [5.41, 5.74) is 9.93. The number of amides is 1. The summed E-state index contributed by atoms with van der Waals surface area (Å²) >= 11 is 6.13. The summed E-state index contributed by atoms with van der Waals surface area (Å²) in [7, 11) is -0.865. The Morgan fingerprint density at radius 2 is 1.58 bits per heavy atom. The van der Waals surface area contributed by atoms with Crippen LogP contribution in [0.5, 0.6) is 0 Å². The van der Waals surface area contributed by atoms with Crippen molar-refractivity contribution in [2.24, 2.45) is 13.0 Å². The third-order valence-electron chi connectivity index (χ3n) is 8.03. The van der Waals surface area contributed by atoms with Crippen molar-refractivity contribution in [1.29, 1.82) is 0 Å². The van der Waals surface area contributed by atoms with E-state index in [1.165, 1.54) is 10.4 Å². The van der Waals surface area contributed by atoms with Crippen LogP contribution in [0.4, 0.5) is 5.69 Å². The zero-order valence-electron chi connectivity index (χ0n) is 26.4. The lowest BCUT2D eigenvalue weighted by molar-refractivity contribution is 0.0944. The molecule has 1 amide bonds. The van der Waals surface area contributed by atoms with Crippen LogP contribution >= 0.6 is 11.6 Å². The van der Waals surface area contributed by atoms with Crippen molar-refractivity contribution < 1.29 is 9.22 Å². The normalized spacial score (nSPS) is 12.6. The first kappa shape index (κ1) is 32.2. The number of benzene rings is 3. The molecule has 0 radical (unpaired) electrons. The number of aromatic nitrogens is 3. The molecule has 45 heavy (non-hydrogen) atoms. The summed E-state index contributed by atoms with van der Waals surface area (Å²) in [4.78, 5) is 18.5. The van der Waals surface area contributed by atoms with E-state index in [-0.39, 0.29) is 16.9 Å². The predicted molar refractivity (Wildman–Crippen MR) is 186 cm³/mol. The van der Waals surface area contributed by atoms with Gasteiger partial charge in [-0.15, -0.1) is 0 Å². The first-order chi connectivity index (χ1) is 21.5. The number of halogens is 1. The van der Waals surface area contributed by atoms with Crippen molar-refractivity contribution >= 4 is 41.9 Å². The van der Waals surface area contributed by atoms with Crippen molar-refractivity contribution in [2.75, 3.05) is 18.9 Å². The minimum Gasteiger partial charge on any atom is -0.407 e. The number of hydrogen-bond acceptors (Lipinski definition) is 5. The molecule has 2 aromatic heterocycles.